The largest absolute Gasteiger partial charge is 0.333 e. The minimum atomic E-state index is -2.99. The Balaban J connectivity index is 1.81. The number of ketones is 1. The number of rotatable bonds is 2. The van der Waals surface area contributed by atoms with Crippen LogP contribution < -0.4 is 0 Å². The average molecular weight is 299 g/mol. The number of amides is 1. The van der Waals surface area contributed by atoms with Gasteiger partial charge in [-0.05, 0) is 25.5 Å². The van der Waals surface area contributed by atoms with Crippen LogP contribution in [0.5, 0.6) is 0 Å². The second-order valence-corrected chi connectivity index (χ2v) is 8.43. The first kappa shape index (κ1) is 12.8. The van der Waals surface area contributed by atoms with Gasteiger partial charge < -0.3 is 4.90 Å². The van der Waals surface area contributed by atoms with E-state index >= 15 is 0 Å². The molecular formula is C12H13NO4S2. The number of hydrogen-bond donors (Lipinski definition) is 0. The van der Waals surface area contributed by atoms with E-state index in [1.54, 1.807) is 17.0 Å². The summed E-state index contributed by atoms with van der Waals surface area (Å²) in [6, 6.07) is 3.10. The van der Waals surface area contributed by atoms with E-state index in [-0.39, 0.29) is 23.5 Å². The lowest BCUT2D eigenvalue weighted by molar-refractivity contribution is 0.0750. The fraction of sp³-hybridized carbons (Fsp3) is 0.500. The van der Waals surface area contributed by atoms with Gasteiger partial charge in [0.2, 0.25) is 0 Å². The first-order valence-electron chi connectivity index (χ1n) is 6.02. The Morgan fingerprint density at radius 2 is 2.00 bits per heavy atom. The predicted molar refractivity (Wildman–Crippen MR) is 71.3 cm³/mol. The lowest BCUT2D eigenvalue weighted by atomic mass is 10.2. The van der Waals surface area contributed by atoms with Crippen molar-refractivity contribution in [3.05, 3.63) is 21.9 Å². The maximum atomic E-state index is 12.3. The number of Topliss-reactive ketones (excluding diaryl/α,β-unsaturated/α-hetero) is 1. The van der Waals surface area contributed by atoms with Gasteiger partial charge in [-0.2, -0.15) is 0 Å². The standard InChI is InChI=1S/C12H13NO4S2/c1-7(14)10-2-3-11(18-10)12(15)13-5-9-4-8(13)6-19(9,16)17/h2-3,8-9H,4-6H2,1H3/t8-,9+/m0/s1. The summed E-state index contributed by atoms with van der Waals surface area (Å²) >= 11 is 1.17. The Morgan fingerprint density at radius 1 is 1.32 bits per heavy atom. The minimum absolute atomic E-state index is 0.0606. The third kappa shape index (κ3) is 2.01. The van der Waals surface area contributed by atoms with Gasteiger partial charge in [-0.3, -0.25) is 9.59 Å². The molecule has 5 nitrogen and oxygen atoms in total. The van der Waals surface area contributed by atoms with Gasteiger partial charge in [0.15, 0.2) is 15.6 Å². The average Bonchev–Trinajstić information content (AvgIpc) is 2.99. The van der Waals surface area contributed by atoms with E-state index in [1.165, 1.54) is 18.3 Å². The van der Waals surface area contributed by atoms with E-state index in [4.69, 9.17) is 0 Å². The van der Waals surface area contributed by atoms with Gasteiger partial charge in [0.25, 0.3) is 5.91 Å². The molecule has 0 saturated carbocycles. The van der Waals surface area contributed by atoms with Crippen molar-refractivity contribution in [2.45, 2.75) is 24.6 Å². The summed E-state index contributed by atoms with van der Waals surface area (Å²) in [5, 5.41) is -0.395. The molecule has 1 aromatic rings. The van der Waals surface area contributed by atoms with E-state index in [9.17, 15) is 18.0 Å². The third-order valence-electron chi connectivity index (χ3n) is 3.73. The van der Waals surface area contributed by atoms with Crippen molar-refractivity contribution < 1.29 is 18.0 Å². The second kappa shape index (κ2) is 4.14. The lowest BCUT2D eigenvalue weighted by Gasteiger charge is -2.26. The molecule has 2 aliphatic rings. The molecular weight excluding hydrogens is 286 g/mol. The molecule has 0 aliphatic carbocycles. The number of carbonyl (C=O) groups is 2. The van der Waals surface area contributed by atoms with Crippen molar-refractivity contribution in [3.8, 4) is 0 Å². The molecule has 2 bridgehead atoms. The molecule has 1 amide bonds. The highest BCUT2D eigenvalue weighted by atomic mass is 32.2. The highest BCUT2D eigenvalue weighted by Crippen LogP contribution is 2.34. The van der Waals surface area contributed by atoms with Crippen molar-refractivity contribution in [2.24, 2.45) is 0 Å². The molecule has 19 heavy (non-hydrogen) atoms. The Bertz CT molecular complexity index is 661. The van der Waals surface area contributed by atoms with Crippen LogP contribution in [0.1, 0.15) is 32.7 Å². The number of likely N-dealkylation sites (tertiary alicyclic amines) is 1. The van der Waals surface area contributed by atoms with Crippen LogP contribution in [-0.4, -0.2) is 48.6 Å². The fourth-order valence-corrected chi connectivity index (χ4v) is 5.61. The molecule has 102 valence electrons. The van der Waals surface area contributed by atoms with Crippen molar-refractivity contribution in [2.75, 3.05) is 12.3 Å². The van der Waals surface area contributed by atoms with Crippen LogP contribution in [0.4, 0.5) is 0 Å². The van der Waals surface area contributed by atoms with E-state index in [1.807, 2.05) is 0 Å². The van der Waals surface area contributed by atoms with Crippen LogP contribution in [0.2, 0.25) is 0 Å². The quantitative estimate of drug-likeness (QED) is 0.763. The molecule has 2 atom stereocenters. The van der Waals surface area contributed by atoms with Crippen molar-refractivity contribution >= 4 is 32.9 Å². The summed E-state index contributed by atoms with van der Waals surface area (Å²) in [6.45, 7) is 1.75. The first-order valence-corrected chi connectivity index (χ1v) is 8.55. The molecule has 0 N–H and O–H groups in total. The summed E-state index contributed by atoms with van der Waals surface area (Å²) in [5.41, 5.74) is 0. The normalized spacial score (nSPS) is 27.7. The van der Waals surface area contributed by atoms with Crippen molar-refractivity contribution in [3.63, 3.8) is 0 Å². The number of nitrogens with zero attached hydrogens (tertiary/aromatic N) is 1. The van der Waals surface area contributed by atoms with Gasteiger partial charge in [-0.15, -0.1) is 11.3 Å². The molecule has 0 spiro atoms. The van der Waals surface area contributed by atoms with E-state index in [0.717, 1.165) is 0 Å². The monoisotopic (exact) mass is 299 g/mol. The van der Waals surface area contributed by atoms with E-state index < -0.39 is 15.1 Å². The summed E-state index contributed by atoms with van der Waals surface area (Å²) in [5.74, 6) is -0.136. The lowest BCUT2D eigenvalue weighted by Crippen LogP contribution is -2.43. The van der Waals surface area contributed by atoms with Gasteiger partial charge in [0.1, 0.15) is 0 Å². The Kier molecular flexibility index (Phi) is 2.79. The summed E-state index contributed by atoms with van der Waals surface area (Å²) in [4.78, 5) is 26.2. The zero-order valence-corrected chi connectivity index (χ0v) is 12.0. The van der Waals surface area contributed by atoms with Crippen molar-refractivity contribution in [1.82, 2.24) is 4.90 Å². The van der Waals surface area contributed by atoms with Crippen molar-refractivity contribution in [1.29, 1.82) is 0 Å². The van der Waals surface area contributed by atoms with Gasteiger partial charge >= 0.3 is 0 Å². The summed E-state index contributed by atoms with van der Waals surface area (Å²) in [7, 11) is -2.99. The number of sulfone groups is 1. The van der Waals surface area contributed by atoms with Gasteiger partial charge in [-0.1, -0.05) is 0 Å². The Labute approximate surface area is 115 Å². The highest BCUT2D eigenvalue weighted by Gasteiger charge is 2.50. The molecule has 0 aromatic carbocycles. The third-order valence-corrected chi connectivity index (χ3v) is 7.11. The van der Waals surface area contributed by atoms with E-state index in [0.29, 0.717) is 22.7 Å². The van der Waals surface area contributed by atoms with Crippen LogP contribution in [0, 0.1) is 0 Å². The number of thiophene rings is 1. The summed E-state index contributed by atoms with van der Waals surface area (Å²) in [6.07, 6.45) is 0.555. The zero-order valence-electron chi connectivity index (χ0n) is 10.3. The maximum Gasteiger partial charge on any atom is 0.264 e. The predicted octanol–water partition coefficient (Wildman–Crippen LogP) is 0.962. The highest BCUT2D eigenvalue weighted by molar-refractivity contribution is 7.92. The van der Waals surface area contributed by atoms with Crippen LogP contribution in [0.15, 0.2) is 12.1 Å². The van der Waals surface area contributed by atoms with Crippen LogP contribution in [-0.2, 0) is 9.84 Å². The smallest absolute Gasteiger partial charge is 0.264 e. The van der Waals surface area contributed by atoms with Crippen LogP contribution in [0.3, 0.4) is 0 Å². The number of carbonyl (C=O) groups excluding carboxylic acids is 2. The SMILES string of the molecule is CC(=O)c1ccc(C(=O)N2C[C@H]3C[C@H]2CS3(=O)=O)s1. The molecule has 3 heterocycles. The van der Waals surface area contributed by atoms with E-state index in [2.05, 4.69) is 0 Å². The minimum Gasteiger partial charge on any atom is -0.333 e. The fourth-order valence-electron chi connectivity index (χ4n) is 2.73. The van der Waals surface area contributed by atoms with Gasteiger partial charge in [0, 0.05) is 12.6 Å². The first-order chi connectivity index (χ1) is 8.88. The molecule has 1 aromatic heterocycles. The molecule has 0 radical (unpaired) electrons. The van der Waals surface area contributed by atoms with Crippen LogP contribution in [0.25, 0.3) is 0 Å². The van der Waals surface area contributed by atoms with Gasteiger partial charge in [-0.25, -0.2) is 8.42 Å². The Morgan fingerprint density at radius 3 is 2.47 bits per heavy atom. The molecule has 3 rings (SSSR count). The summed E-state index contributed by atoms with van der Waals surface area (Å²) < 4.78 is 23.3. The molecule has 0 unspecified atom stereocenters. The zero-order chi connectivity index (χ0) is 13.8. The number of fused-ring (bicyclic) bond motifs is 2. The number of hydrogen-bond acceptors (Lipinski definition) is 5. The molecule has 2 aliphatic heterocycles. The van der Waals surface area contributed by atoms with Gasteiger partial charge in [0.05, 0.1) is 20.8 Å². The molecule has 2 fully saturated rings. The molecule has 7 heteroatoms. The second-order valence-electron chi connectivity index (χ2n) is 5.02. The van der Waals surface area contributed by atoms with Crippen LogP contribution >= 0.6 is 11.3 Å². The maximum absolute atomic E-state index is 12.3. The Hall–Kier alpha value is -1.21. The molecule has 2 saturated heterocycles. The topological polar surface area (TPSA) is 71.5 Å².